The van der Waals surface area contributed by atoms with E-state index in [2.05, 4.69) is 17.3 Å². The molecule has 14 heteroatoms. The van der Waals surface area contributed by atoms with Gasteiger partial charge in [-0.2, -0.15) is 9.46 Å². The van der Waals surface area contributed by atoms with Crippen molar-refractivity contribution in [1.29, 1.82) is 0 Å². The third kappa shape index (κ3) is 7.67. The van der Waals surface area contributed by atoms with Crippen molar-refractivity contribution in [3.63, 3.8) is 0 Å². The first-order chi connectivity index (χ1) is 24.7. The maximum absolute atomic E-state index is 14.2. The van der Waals surface area contributed by atoms with Gasteiger partial charge < -0.3 is 18.9 Å². The SMILES string of the molecule is Cc1cc2cc(n1)-c1cnn(C)c1OCCC[C@@H](C)Cn1c(nc3ccc(N=S4(=O)CCC5(CCN(C(=O)OC(C)(C)C)CC5)CC4)cc31)NC2=O. The zero-order valence-corrected chi connectivity index (χ0v) is 31.9. The lowest BCUT2D eigenvalue weighted by atomic mass is 9.74. The van der Waals surface area contributed by atoms with Crippen LogP contribution in [0, 0.1) is 18.3 Å². The van der Waals surface area contributed by atoms with Gasteiger partial charge in [0.2, 0.25) is 11.8 Å². The zero-order chi connectivity index (χ0) is 36.8. The summed E-state index contributed by atoms with van der Waals surface area (Å²) < 4.78 is 34.6. The van der Waals surface area contributed by atoms with E-state index in [9.17, 15) is 13.8 Å². The second-order valence-corrected chi connectivity index (χ2v) is 18.4. The number of amides is 2. The second-order valence-electron chi connectivity index (χ2n) is 15.9. The lowest BCUT2D eigenvalue weighted by Crippen LogP contribution is -2.47. The summed E-state index contributed by atoms with van der Waals surface area (Å²) in [5.41, 5.74) is 4.28. The van der Waals surface area contributed by atoms with E-state index < -0.39 is 15.3 Å². The lowest BCUT2D eigenvalue weighted by Gasteiger charge is -2.44. The second kappa shape index (κ2) is 13.8. The molecular weight excluding hydrogens is 681 g/mol. The summed E-state index contributed by atoms with van der Waals surface area (Å²) in [5, 5.41) is 7.47. The third-order valence-electron chi connectivity index (χ3n) is 10.6. The fourth-order valence-electron chi connectivity index (χ4n) is 7.59. The van der Waals surface area contributed by atoms with Crippen LogP contribution in [0.1, 0.15) is 82.3 Å². The van der Waals surface area contributed by atoms with Gasteiger partial charge in [0.15, 0.2) is 0 Å². The van der Waals surface area contributed by atoms with Gasteiger partial charge in [0, 0.05) is 49.4 Å². The number of fused-ring (bicyclic) bond motifs is 7. The van der Waals surface area contributed by atoms with Gasteiger partial charge in [-0.05, 0) is 108 Å². The molecule has 3 aromatic heterocycles. The Labute approximate surface area is 305 Å². The molecule has 7 rings (SSSR count). The molecule has 4 aromatic rings. The molecule has 3 aliphatic heterocycles. The number of nitrogens with one attached hydrogen (secondary N) is 1. The molecule has 0 saturated carbocycles. The number of aromatic nitrogens is 5. The number of hydrogen-bond acceptors (Lipinski definition) is 9. The van der Waals surface area contributed by atoms with Gasteiger partial charge in [-0.1, -0.05) is 6.92 Å². The highest BCUT2D eigenvalue weighted by molar-refractivity contribution is 7.93. The quantitative estimate of drug-likeness (QED) is 0.218. The van der Waals surface area contributed by atoms with E-state index >= 15 is 0 Å². The molecule has 52 heavy (non-hydrogen) atoms. The van der Waals surface area contributed by atoms with E-state index in [0.717, 1.165) is 55.1 Å². The molecule has 6 heterocycles. The van der Waals surface area contributed by atoms with Crippen molar-refractivity contribution in [3.8, 4) is 17.1 Å². The Morgan fingerprint density at radius 1 is 1.10 bits per heavy atom. The van der Waals surface area contributed by atoms with Crippen LogP contribution in [0.15, 0.2) is 40.9 Å². The monoisotopic (exact) mass is 730 g/mol. The molecule has 278 valence electrons. The van der Waals surface area contributed by atoms with Gasteiger partial charge in [-0.25, -0.2) is 18.7 Å². The highest BCUT2D eigenvalue weighted by Crippen LogP contribution is 2.43. The van der Waals surface area contributed by atoms with Crippen LogP contribution in [0.25, 0.3) is 22.3 Å². The number of benzene rings is 1. The molecule has 2 fully saturated rings. The van der Waals surface area contributed by atoms with Crippen molar-refractivity contribution in [2.24, 2.45) is 22.7 Å². The molecule has 0 radical (unpaired) electrons. The Morgan fingerprint density at radius 3 is 2.58 bits per heavy atom. The van der Waals surface area contributed by atoms with Crippen LogP contribution in [-0.4, -0.2) is 82.2 Å². The van der Waals surface area contributed by atoms with Crippen molar-refractivity contribution < 1.29 is 23.3 Å². The third-order valence-corrected chi connectivity index (χ3v) is 12.8. The largest absolute Gasteiger partial charge is 0.477 e. The molecule has 2 amide bonds. The maximum Gasteiger partial charge on any atom is 0.410 e. The molecule has 1 atom stereocenters. The lowest BCUT2D eigenvalue weighted by molar-refractivity contribution is 0.00870. The molecule has 1 aromatic carbocycles. The summed E-state index contributed by atoms with van der Waals surface area (Å²) in [6.45, 7) is 12.1. The van der Waals surface area contributed by atoms with Crippen LogP contribution in [0.2, 0.25) is 0 Å². The zero-order valence-electron chi connectivity index (χ0n) is 31.1. The molecule has 0 aliphatic carbocycles. The van der Waals surface area contributed by atoms with E-state index in [1.165, 1.54) is 0 Å². The minimum Gasteiger partial charge on any atom is -0.477 e. The van der Waals surface area contributed by atoms with Gasteiger partial charge in [-0.3, -0.25) is 15.1 Å². The van der Waals surface area contributed by atoms with Gasteiger partial charge in [-0.15, -0.1) is 0 Å². The number of carbonyl (C=O) groups is 2. The Hall–Kier alpha value is -4.46. The number of rotatable bonds is 1. The number of aryl methyl sites for hydroxylation is 2. The standard InChI is InChI=1S/C38H50N8O5S/c1-25-8-7-17-50-34-29(23-39-44(34)6)31-21-27(20-26(2)40-31)33(47)42-35-41-30-10-9-28(22-32(30)46(35)24-25)43-52(49)18-13-38(14-19-52)11-15-45(16-12-38)36(48)51-37(3,4)5/h9-10,20-23,25H,7-8,11-19,24H2,1-6H3,(H,41,42,47)/t25-/m1/s1. The Morgan fingerprint density at radius 2 is 1.85 bits per heavy atom. The highest BCUT2D eigenvalue weighted by atomic mass is 32.2. The average Bonchev–Trinajstić information content (AvgIpc) is 3.62. The number of imidazole rings is 1. The van der Waals surface area contributed by atoms with Crippen molar-refractivity contribution >= 4 is 44.4 Å². The molecular formula is C38H50N8O5S. The molecule has 0 unspecified atom stereocenters. The Balaban J connectivity index is 1.13. The fraction of sp³-hybridized carbons (Fsp3) is 0.553. The molecule has 3 aliphatic rings. The summed E-state index contributed by atoms with van der Waals surface area (Å²) in [5.74, 6) is 2.09. The van der Waals surface area contributed by atoms with Crippen LogP contribution >= 0.6 is 0 Å². The molecule has 2 bridgehead atoms. The topological polar surface area (TPSA) is 146 Å². The van der Waals surface area contributed by atoms with Crippen molar-refractivity contribution in [1.82, 2.24) is 29.2 Å². The van der Waals surface area contributed by atoms with Gasteiger partial charge in [0.1, 0.15) is 5.60 Å². The fourth-order valence-corrected chi connectivity index (χ4v) is 9.98. The van der Waals surface area contributed by atoms with Crippen LogP contribution in [0.4, 0.5) is 16.4 Å². The first-order valence-electron chi connectivity index (χ1n) is 18.3. The van der Waals surface area contributed by atoms with Crippen molar-refractivity contribution in [2.45, 2.75) is 85.3 Å². The van der Waals surface area contributed by atoms with Gasteiger partial charge in [0.05, 0.1) is 50.5 Å². The Bertz CT molecular complexity index is 2120. The Kier molecular flexibility index (Phi) is 9.55. The minimum atomic E-state index is -2.47. The van der Waals surface area contributed by atoms with Crippen LogP contribution in [0.3, 0.4) is 0 Å². The first-order valence-corrected chi connectivity index (χ1v) is 20.2. The smallest absolute Gasteiger partial charge is 0.410 e. The van der Waals surface area contributed by atoms with Gasteiger partial charge >= 0.3 is 6.09 Å². The minimum absolute atomic E-state index is 0.0824. The molecule has 1 spiro atoms. The van der Waals surface area contributed by atoms with Crippen LogP contribution in [0.5, 0.6) is 5.88 Å². The maximum atomic E-state index is 14.2. The van der Waals surface area contributed by atoms with E-state index in [-0.39, 0.29) is 23.3 Å². The number of hydrogen-bond donors (Lipinski definition) is 1. The van der Waals surface area contributed by atoms with Gasteiger partial charge in [0.25, 0.3) is 5.91 Å². The van der Waals surface area contributed by atoms with E-state index in [1.807, 2.05) is 57.5 Å². The summed E-state index contributed by atoms with van der Waals surface area (Å²) >= 11 is 0. The van der Waals surface area contributed by atoms with E-state index in [4.69, 9.17) is 23.8 Å². The predicted octanol–water partition coefficient (Wildman–Crippen LogP) is 7.11. The number of anilines is 1. The number of pyridine rings is 1. The summed E-state index contributed by atoms with van der Waals surface area (Å²) in [7, 11) is -0.632. The highest BCUT2D eigenvalue weighted by Gasteiger charge is 2.40. The summed E-state index contributed by atoms with van der Waals surface area (Å²) in [6.07, 6.45) is 6.60. The summed E-state index contributed by atoms with van der Waals surface area (Å²) in [4.78, 5) is 37.8. The molecule has 13 nitrogen and oxygen atoms in total. The number of likely N-dealkylation sites (tertiary alicyclic amines) is 1. The molecule has 2 saturated heterocycles. The number of ether oxygens (including phenoxy) is 2. The number of piperidine rings is 1. The average molecular weight is 731 g/mol. The van der Waals surface area contributed by atoms with Crippen molar-refractivity contribution in [3.05, 3.63) is 47.8 Å². The van der Waals surface area contributed by atoms with Crippen molar-refractivity contribution in [2.75, 3.05) is 36.5 Å². The van der Waals surface area contributed by atoms with Crippen LogP contribution < -0.4 is 10.1 Å². The molecule has 1 N–H and O–H groups in total. The van der Waals surface area contributed by atoms with E-state index in [0.29, 0.717) is 72.2 Å². The van der Waals surface area contributed by atoms with E-state index in [1.54, 1.807) is 27.9 Å². The predicted molar refractivity (Wildman–Crippen MR) is 201 cm³/mol. The number of carbonyl (C=O) groups excluding carboxylic acids is 2. The number of nitrogens with zero attached hydrogens (tertiary/aromatic N) is 7. The first kappa shape index (κ1) is 35.9. The summed E-state index contributed by atoms with van der Waals surface area (Å²) in [6, 6.07) is 9.24. The normalized spacial score (nSPS) is 20.5. The van der Waals surface area contributed by atoms with Crippen LogP contribution in [-0.2, 0) is 28.1 Å².